The van der Waals surface area contributed by atoms with E-state index in [0.717, 1.165) is 12.8 Å². The smallest absolute Gasteiger partial charge is 0.251 e. The first-order valence-corrected chi connectivity index (χ1v) is 8.95. The number of sulfonamides is 1. The van der Waals surface area contributed by atoms with Crippen molar-refractivity contribution in [3.8, 4) is 0 Å². The highest BCUT2D eigenvalue weighted by molar-refractivity contribution is 7.89. The predicted molar refractivity (Wildman–Crippen MR) is 79.7 cm³/mol. The highest BCUT2D eigenvalue weighted by atomic mass is 32.2. The van der Waals surface area contributed by atoms with Crippen LogP contribution < -0.4 is 0 Å². The summed E-state index contributed by atoms with van der Waals surface area (Å²) in [6.45, 7) is 2.14. The molecule has 22 heavy (non-hydrogen) atoms. The van der Waals surface area contributed by atoms with Crippen molar-refractivity contribution in [3.05, 3.63) is 18.5 Å². The Morgan fingerprint density at radius 1 is 1.27 bits per heavy atom. The van der Waals surface area contributed by atoms with E-state index in [1.165, 1.54) is 4.31 Å². The summed E-state index contributed by atoms with van der Waals surface area (Å²) < 4.78 is 33.6. The van der Waals surface area contributed by atoms with Crippen LogP contribution in [-0.2, 0) is 26.6 Å². The molecule has 122 valence electrons. The molecule has 0 bridgehead atoms. The van der Waals surface area contributed by atoms with Gasteiger partial charge in [-0.2, -0.15) is 4.31 Å². The SMILES string of the molecule is Cn1ccc(S(=O)(=O)N2CCN(C(=O)[C@H]3CCCO3)CC2)c1. The molecule has 1 aromatic heterocycles. The maximum atomic E-state index is 12.5. The van der Waals surface area contributed by atoms with Gasteiger partial charge in [-0.15, -0.1) is 0 Å². The second kappa shape index (κ2) is 6.02. The molecule has 2 saturated heterocycles. The van der Waals surface area contributed by atoms with Crippen LogP contribution in [0.3, 0.4) is 0 Å². The van der Waals surface area contributed by atoms with Crippen LogP contribution in [0.4, 0.5) is 0 Å². The minimum absolute atomic E-state index is 0.00532. The highest BCUT2D eigenvalue weighted by Crippen LogP contribution is 2.20. The van der Waals surface area contributed by atoms with Crippen LogP contribution in [0, 0.1) is 0 Å². The molecule has 3 rings (SSSR count). The lowest BCUT2D eigenvalue weighted by atomic mass is 10.2. The monoisotopic (exact) mass is 327 g/mol. The van der Waals surface area contributed by atoms with Gasteiger partial charge in [0.15, 0.2) is 0 Å². The Labute approximate surface area is 130 Å². The Bertz CT molecular complexity index is 641. The van der Waals surface area contributed by atoms with Gasteiger partial charge < -0.3 is 14.2 Å². The number of carbonyl (C=O) groups is 1. The summed E-state index contributed by atoms with van der Waals surface area (Å²) in [7, 11) is -1.68. The molecule has 3 heterocycles. The molecule has 1 amide bonds. The molecule has 2 aliphatic rings. The molecule has 0 N–H and O–H groups in total. The Balaban J connectivity index is 1.63. The number of carbonyl (C=O) groups excluding carboxylic acids is 1. The number of amides is 1. The van der Waals surface area contributed by atoms with Crippen molar-refractivity contribution in [1.29, 1.82) is 0 Å². The standard InChI is InChI=1S/C14H21N3O4S/c1-15-5-4-12(11-15)22(19,20)17-8-6-16(7-9-17)14(18)13-3-2-10-21-13/h4-5,11,13H,2-3,6-10H2,1H3/t13-/m1/s1. The van der Waals surface area contributed by atoms with Crippen molar-refractivity contribution >= 4 is 15.9 Å². The molecule has 0 saturated carbocycles. The Morgan fingerprint density at radius 2 is 2.00 bits per heavy atom. The average Bonchev–Trinajstić information content (AvgIpc) is 3.18. The van der Waals surface area contributed by atoms with Gasteiger partial charge in [0.05, 0.1) is 4.90 Å². The van der Waals surface area contributed by atoms with E-state index in [4.69, 9.17) is 4.74 Å². The summed E-state index contributed by atoms with van der Waals surface area (Å²) in [5, 5.41) is 0. The number of piperazine rings is 1. The fourth-order valence-electron chi connectivity index (χ4n) is 2.90. The van der Waals surface area contributed by atoms with Crippen molar-refractivity contribution in [2.75, 3.05) is 32.8 Å². The number of hydrogen-bond donors (Lipinski definition) is 0. The van der Waals surface area contributed by atoms with Crippen molar-refractivity contribution in [2.24, 2.45) is 7.05 Å². The van der Waals surface area contributed by atoms with Crippen LogP contribution in [0.5, 0.6) is 0 Å². The van der Waals surface area contributed by atoms with Crippen molar-refractivity contribution in [3.63, 3.8) is 0 Å². The molecule has 0 aliphatic carbocycles. The molecule has 0 spiro atoms. The number of aryl methyl sites for hydroxylation is 1. The zero-order chi connectivity index (χ0) is 15.7. The van der Waals surface area contributed by atoms with Crippen LogP contribution in [0.2, 0.25) is 0 Å². The van der Waals surface area contributed by atoms with E-state index in [1.807, 2.05) is 0 Å². The zero-order valence-electron chi connectivity index (χ0n) is 12.6. The van der Waals surface area contributed by atoms with Crippen LogP contribution >= 0.6 is 0 Å². The Hall–Kier alpha value is -1.38. The Kier molecular flexibility index (Phi) is 4.24. The number of hydrogen-bond acceptors (Lipinski definition) is 4. The first kappa shape index (κ1) is 15.5. The van der Waals surface area contributed by atoms with Crippen molar-refractivity contribution in [2.45, 2.75) is 23.8 Å². The fraction of sp³-hybridized carbons (Fsp3) is 0.643. The van der Waals surface area contributed by atoms with E-state index in [2.05, 4.69) is 0 Å². The zero-order valence-corrected chi connectivity index (χ0v) is 13.5. The summed E-state index contributed by atoms with van der Waals surface area (Å²) in [6, 6.07) is 1.60. The molecule has 8 heteroatoms. The molecule has 1 atom stereocenters. The molecular weight excluding hydrogens is 306 g/mol. The van der Waals surface area contributed by atoms with Crippen LogP contribution in [0.25, 0.3) is 0 Å². The third-order valence-corrected chi connectivity index (χ3v) is 6.08. The summed E-state index contributed by atoms with van der Waals surface area (Å²) in [4.78, 5) is 14.3. The molecule has 0 aromatic carbocycles. The van der Waals surface area contributed by atoms with Gasteiger partial charge in [0.1, 0.15) is 6.10 Å². The molecule has 2 aliphatic heterocycles. The molecular formula is C14H21N3O4S. The van der Waals surface area contributed by atoms with Gasteiger partial charge in [-0.1, -0.05) is 0 Å². The van der Waals surface area contributed by atoms with Crippen LogP contribution in [0.15, 0.2) is 23.4 Å². The second-order valence-electron chi connectivity index (χ2n) is 5.74. The fourth-order valence-corrected chi connectivity index (χ4v) is 4.38. The topological polar surface area (TPSA) is 71.9 Å². The summed E-state index contributed by atoms with van der Waals surface area (Å²) in [5.74, 6) is -0.00532. The van der Waals surface area contributed by atoms with Crippen molar-refractivity contribution < 1.29 is 17.9 Å². The molecule has 0 unspecified atom stereocenters. The lowest BCUT2D eigenvalue weighted by Crippen LogP contribution is -2.52. The van der Waals surface area contributed by atoms with E-state index in [1.54, 1.807) is 35.0 Å². The summed E-state index contributed by atoms with van der Waals surface area (Å²) >= 11 is 0. The first-order chi connectivity index (χ1) is 10.5. The maximum Gasteiger partial charge on any atom is 0.251 e. The van der Waals surface area contributed by atoms with Gasteiger partial charge in [0, 0.05) is 52.2 Å². The lowest BCUT2D eigenvalue weighted by Gasteiger charge is -2.34. The summed E-state index contributed by atoms with van der Waals surface area (Å²) in [5.41, 5.74) is 0. The number of aromatic nitrogens is 1. The van der Waals surface area contributed by atoms with E-state index in [9.17, 15) is 13.2 Å². The summed E-state index contributed by atoms with van der Waals surface area (Å²) in [6.07, 6.45) is 4.65. The number of nitrogens with zero attached hydrogens (tertiary/aromatic N) is 3. The number of rotatable bonds is 3. The van der Waals surface area contributed by atoms with Gasteiger partial charge in [0.25, 0.3) is 5.91 Å². The van der Waals surface area contributed by atoms with E-state index in [-0.39, 0.29) is 12.0 Å². The highest BCUT2D eigenvalue weighted by Gasteiger charge is 2.34. The van der Waals surface area contributed by atoms with Gasteiger partial charge in [0.2, 0.25) is 10.0 Å². The lowest BCUT2D eigenvalue weighted by molar-refractivity contribution is -0.142. The van der Waals surface area contributed by atoms with E-state index >= 15 is 0 Å². The quantitative estimate of drug-likeness (QED) is 0.786. The third-order valence-electron chi connectivity index (χ3n) is 4.20. The van der Waals surface area contributed by atoms with Gasteiger partial charge >= 0.3 is 0 Å². The minimum Gasteiger partial charge on any atom is -0.368 e. The minimum atomic E-state index is -3.47. The molecule has 7 nitrogen and oxygen atoms in total. The van der Waals surface area contributed by atoms with Crippen molar-refractivity contribution in [1.82, 2.24) is 13.8 Å². The predicted octanol–water partition coefficient (Wildman–Crippen LogP) is 0.0370. The molecule has 0 radical (unpaired) electrons. The third kappa shape index (κ3) is 2.90. The molecule has 1 aromatic rings. The molecule has 2 fully saturated rings. The van der Waals surface area contributed by atoms with Gasteiger partial charge in [-0.3, -0.25) is 4.79 Å². The maximum absolute atomic E-state index is 12.5. The average molecular weight is 327 g/mol. The van der Waals surface area contributed by atoms with Gasteiger partial charge in [-0.05, 0) is 18.9 Å². The first-order valence-electron chi connectivity index (χ1n) is 7.51. The van der Waals surface area contributed by atoms with Crippen LogP contribution in [-0.4, -0.2) is 67.0 Å². The largest absolute Gasteiger partial charge is 0.368 e. The van der Waals surface area contributed by atoms with Crippen LogP contribution in [0.1, 0.15) is 12.8 Å². The number of ether oxygens (including phenoxy) is 1. The van der Waals surface area contributed by atoms with E-state index < -0.39 is 10.0 Å². The van der Waals surface area contributed by atoms with Gasteiger partial charge in [-0.25, -0.2) is 8.42 Å². The second-order valence-corrected chi connectivity index (χ2v) is 7.68. The van der Waals surface area contributed by atoms with E-state index in [0.29, 0.717) is 37.7 Å². The normalized spacial score (nSPS) is 23.9. The Morgan fingerprint density at radius 3 is 2.55 bits per heavy atom.